The van der Waals surface area contributed by atoms with E-state index in [1.807, 2.05) is 0 Å². The maximum Gasteiger partial charge on any atom is 0.573 e. The Morgan fingerprint density at radius 2 is 1.48 bits per heavy atom. The van der Waals surface area contributed by atoms with Gasteiger partial charge in [-0.05, 0) is 63.1 Å². The zero-order valence-electron chi connectivity index (χ0n) is 18.3. The van der Waals surface area contributed by atoms with E-state index < -0.39 is 40.9 Å². The lowest BCUT2D eigenvalue weighted by Gasteiger charge is -2.30. The van der Waals surface area contributed by atoms with Crippen molar-refractivity contribution in [3.8, 4) is 5.75 Å². The fraction of sp³-hybridized carbons (Fsp3) is 0.429. The molecule has 12 heteroatoms. The van der Waals surface area contributed by atoms with Gasteiger partial charge in [0.25, 0.3) is 0 Å². The van der Waals surface area contributed by atoms with Crippen molar-refractivity contribution in [2.24, 2.45) is 0 Å². The summed E-state index contributed by atoms with van der Waals surface area (Å²) in [7, 11) is -4.53. The molecule has 0 radical (unpaired) electrons. The number of likely N-dealkylation sites (N-methyl/N-ethyl adjacent to an activating group) is 1. The second-order valence-electron chi connectivity index (χ2n) is 7.52. The first-order valence-corrected chi connectivity index (χ1v) is 11.3. The molecule has 1 unspecified atom stereocenters. The monoisotopic (exact) mass is 498 g/mol. The smallest absolute Gasteiger partial charge is 0.406 e. The predicted molar refractivity (Wildman–Crippen MR) is 112 cm³/mol. The van der Waals surface area contributed by atoms with Crippen LogP contribution >= 0.6 is 0 Å². The fourth-order valence-electron chi connectivity index (χ4n) is 3.54. The third kappa shape index (κ3) is 7.26. The third-order valence-corrected chi connectivity index (χ3v) is 6.56. The first-order valence-electron chi connectivity index (χ1n) is 9.81. The van der Waals surface area contributed by atoms with Gasteiger partial charge in [-0.1, -0.05) is 17.7 Å². The van der Waals surface area contributed by atoms with Crippen molar-refractivity contribution in [2.75, 3.05) is 18.0 Å². The second kappa shape index (κ2) is 9.80. The molecule has 0 aliphatic carbocycles. The molecule has 1 atom stereocenters. The molecule has 184 valence electrons. The first-order chi connectivity index (χ1) is 15.0. The normalized spacial score (nSPS) is 13.6. The summed E-state index contributed by atoms with van der Waals surface area (Å²) in [4.78, 5) is 0.978. The standard InChI is InChI=1S/C21H24F6N2O3S/c1-5-29(16-6-8-17(9-7-16)32-21(25,26)27)12-18(20(22,23)24)28-33(30,31)19-14(3)10-13(2)11-15(19)4/h6-11,18,28H,5,12H2,1-4H3. The summed E-state index contributed by atoms with van der Waals surface area (Å²) >= 11 is 0. The number of sulfonamides is 1. The zero-order chi connectivity index (χ0) is 25.2. The molecule has 2 aromatic rings. The van der Waals surface area contributed by atoms with Gasteiger partial charge in [0.2, 0.25) is 10.0 Å². The number of halogens is 6. The third-order valence-electron chi connectivity index (χ3n) is 4.79. The van der Waals surface area contributed by atoms with E-state index in [9.17, 15) is 34.8 Å². The Morgan fingerprint density at radius 3 is 1.91 bits per heavy atom. The number of rotatable bonds is 8. The highest BCUT2D eigenvalue weighted by atomic mass is 32.2. The molecule has 0 saturated heterocycles. The van der Waals surface area contributed by atoms with Crippen LogP contribution in [0, 0.1) is 20.8 Å². The highest BCUT2D eigenvalue weighted by Crippen LogP contribution is 2.29. The number of nitrogens with one attached hydrogen (secondary N) is 1. The van der Waals surface area contributed by atoms with E-state index in [0.717, 1.165) is 17.7 Å². The molecule has 33 heavy (non-hydrogen) atoms. The minimum Gasteiger partial charge on any atom is -0.406 e. The van der Waals surface area contributed by atoms with Crippen LogP contribution in [0.15, 0.2) is 41.3 Å². The number of alkyl halides is 6. The highest BCUT2D eigenvalue weighted by molar-refractivity contribution is 7.89. The van der Waals surface area contributed by atoms with E-state index >= 15 is 0 Å². The van der Waals surface area contributed by atoms with Crippen LogP contribution in [0.25, 0.3) is 0 Å². The van der Waals surface area contributed by atoms with Crippen molar-refractivity contribution in [1.82, 2.24) is 4.72 Å². The molecule has 0 aliphatic heterocycles. The lowest BCUT2D eigenvalue weighted by molar-refractivity contribution is -0.274. The van der Waals surface area contributed by atoms with Gasteiger partial charge in [0, 0.05) is 18.8 Å². The van der Waals surface area contributed by atoms with Crippen molar-refractivity contribution < 1.29 is 39.5 Å². The van der Waals surface area contributed by atoms with E-state index in [0.29, 0.717) is 11.1 Å². The molecule has 0 spiro atoms. The summed E-state index contributed by atoms with van der Waals surface area (Å²) in [5.74, 6) is -0.527. The zero-order valence-corrected chi connectivity index (χ0v) is 19.1. The Bertz CT molecular complexity index is 1040. The lowest BCUT2D eigenvalue weighted by atomic mass is 10.1. The molecule has 0 aliphatic rings. The molecule has 0 bridgehead atoms. The minimum atomic E-state index is -4.92. The summed E-state index contributed by atoms with van der Waals surface area (Å²) in [6, 6.07) is 4.93. The van der Waals surface area contributed by atoms with Gasteiger partial charge in [0.15, 0.2) is 0 Å². The van der Waals surface area contributed by atoms with Gasteiger partial charge in [0.05, 0.1) is 4.90 Å². The Kier molecular flexibility index (Phi) is 7.95. The van der Waals surface area contributed by atoms with Crippen LogP contribution in [0.4, 0.5) is 32.0 Å². The van der Waals surface area contributed by atoms with E-state index in [1.165, 1.54) is 37.8 Å². The van der Waals surface area contributed by atoms with Crippen LogP contribution in [0.1, 0.15) is 23.6 Å². The van der Waals surface area contributed by atoms with Gasteiger partial charge in [-0.25, -0.2) is 8.42 Å². The average Bonchev–Trinajstić information content (AvgIpc) is 2.62. The molecule has 0 heterocycles. The molecule has 2 aromatic carbocycles. The summed E-state index contributed by atoms with van der Waals surface area (Å²) in [6.07, 6.45) is -9.83. The Morgan fingerprint density at radius 1 is 0.970 bits per heavy atom. The molecular formula is C21H24F6N2O3S. The molecule has 1 N–H and O–H groups in total. The number of benzene rings is 2. The van der Waals surface area contributed by atoms with Crippen molar-refractivity contribution >= 4 is 15.7 Å². The first kappa shape index (κ1) is 26.8. The number of anilines is 1. The van der Waals surface area contributed by atoms with Crippen LogP contribution in [0.5, 0.6) is 5.75 Å². The highest BCUT2D eigenvalue weighted by Gasteiger charge is 2.43. The molecule has 2 rings (SSSR count). The summed E-state index contributed by atoms with van der Waals surface area (Å²) in [5.41, 5.74) is 1.57. The van der Waals surface area contributed by atoms with E-state index in [4.69, 9.17) is 0 Å². The van der Waals surface area contributed by atoms with Crippen molar-refractivity contribution in [3.63, 3.8) is 0 Å². The quantitative estimate of drug-likeness (QED) is 0.506. The second-order valence-corrected chi connectivity index (χ2v) is 9.17. The van der Waals surface area contributed by atoms with Gasteiger partial charge in [0.1, 0.15) is 11.8 Å². The summed E-state index contributed by atoms with van der Waals surface area (Å²) < 4.78 is 110. The van der Waals surface area contributed by atoms with Gasteiger partial charge in [-0.2, -0.15) is 17.9 Å². The number of hydrogen-bond donors (Lipinski definition) is 1. The summed E-state index contributed by atoms with van der Waals surface area (Å²) in [5, 5.41) is 0. The Balaban J connectivity index is 2.32. The van der Waals surface area contributed by atoms with E-state index in [-0.39, 0.29) is 17.1 Å². The number of ether oxygens (including phenoxy) is 1. The van der Waals surface area contributed by atoms with Crippen molar-refractivity contribution in [1.29, 1.82) is 0 Å². The average molecular weight is 498 g/mol. The van der Waals surface area contributed by atoms with E-state index in [2.05, 4.69) is 4.74 Å². The molecule has 0 saturated carbocycles. The van der Waals surface area contributed by atoms with Crippen molar-refractivity contribution in [3.05, 3.63) is 53.1 Å². The van der Waals surface area contributed by atoms with Gasteiger partial charge in [-0.3, -0.25) is 0 Å². The van der Waals surface area contributed by atoms with Crippen LogP contribution < -0.4 is 14.4 Å². The number of hydrogen-bond acceptors (Lipinski definition) is 4. The lowest BCUT2D eigenvalue weighted by Crippen LogP contribution is -2.52. The van der Waals surface area contributed by atoms with Gasteiger partial charge in [-0.15, -0.1) is 13.2 Å². The maximum atomic E-state index is 13.8. The van der Waals surface area contributed by atoms with Crippen LogP contribution in [-0.2, 0) is 10.0 Å². The topological polar surface area (TPSA) is 58.6 Å². The SMILES string of the molecule is CCN(CC(NS(=O)(=O)c1c(C)cc(C)cc1C)C(F)(F)F)c1ccc(OC(F)(F)F)cc1. The van der Waals surface area contributed by atoms with E-state index in [1.54, 1.807) is 23.8 Å². The fourth-order valence-corrected chi connectivity index (χ4v) is 5.21. The number of aryl methyl sites for hydroxylation is 3. The van der Waals surface area contributed by atoms with Crippen LogP contribution in [0.2, 0.25) is 0 Å². The molecular weight excluding hydrogens is 474 g/mol. The molecule has 0 aromatic heterocycles. The molecule has 0 fully saturated rings. The summed E-state index contributed by atoms with van der Waals surface area (Å²) in [6.45, 7) is 5.53. The molecule has 0 amide bonds. The Hall–Kier alpha value is -2.47. The van der Waals surface area contributed by atoms with Crippen LogP contribution in [0.3, 0.4) is 0 Å². The number of nitrogens with zero attached hydrogens (tertiary/aromatic N) is 1. The van der Waals surface area contributed by atoms with Crippen LogP contribution in [-0.4, -0.2) is 40.1 Å². The largest absolute Gasteiger partial charge is 0.573 e. The predicted octanol–water partition coefficient (Wildman–Crippen LogP) is 5.25. The maximum absolute atomic E-state index is 13.8. The minimum absolute atomic E-state index is 0.0381. The Labute approximate surface area is 188 Å². The molecule has 5 nitrogen and oxygen atoms in total. The van der Waals surface area contributed by atoms with Gasteiger partial charge >= 0.3 is 12.5 Å². The van der Waals surface area contributed by atoms with Crippen molar-refractivity contribution in [2.45, 2.75) is 51.2 Å². The van der Waals surface area contributed by atoms with Gasteiger partial charge < -0.3 is 9.64 Å².